The number of ether oxygens (including phenoxy) is 2. The summed E-state index contributed by atoms with van der Waals surface area (Å²) in [6, 6.07) is 7.65. The summed E-state index contributed by atoms with van der Waals surface area (Å²) in [5, 5.41) is 0. The average Bonchev–Trinajstić information content (AvgIpc) is 2.44. The molecule has 2 atom stereocenters. The zero-order valence-electron chi connectivity index (χ0n) is 10.5. The molecule has 0 aliphatic carbocycles. The Labute approximate surface area is 106 Å². The zero-order chi connectivity index (χ0) is 13.1. The first-order chi connectivity index (χ1) is 8.63. The van der Waals surface area contributed by atoms with Gasteiger partial charge in [-0.2, -0.15) is 0 Å². The number of Topliss-reactive ketones (excluding diaryl/α,β-unsaturated/α-hetero) is 1. The Morgan fingerprint density at radius 2 is 2.11 bits per heavy atom. The largest absolute Gasteiger partial charge is 0.493 e. The highest BCUT2D eigenvalue weighted by Gasteiger charge is 2.32. The number of methoxy groups -OCH3 is 1. The predicted molar refractivity (Wildman–Crippen MR) is 65.3 cm³/mol. The van der Waals surface area contributed by atoms with Crippen molar-refractivity contribution >= 4 is 11.8 Å². The average molecular weight is 248 g/mol. The molecule has 0 saturated carbocycles. The Bertz CT molecular complexity index is 467. The molecule has 4 nitrogen and oxygen atoms in total. The molecule has 0 amide bonds. The molecule has 1 aliphatic rings. The van der Waals surface area contributed by atoms with Gasteiger partial charge < -0.3 is 9.47 Å². The summed E-state index contributed by atoms with van der Waals surface area (Å²) < 4.78 is 10.1. The molecule has 0 radical (unpaired) electrons. The number of ketones is 1. The van der Waals surface area contributed by atoms with Gasteiger partial charge in [0.05, 0.1) is 19.6 Å². The number of fused-ring (bicyclic) bond motifs is 1. The summed E-state index contributed by atoms with van der Waals surface area (Å²) in [4.78, 5) is 23.5. The molecule has 0 aromatic heterocycles. The van der Waals surface area contributed by atoms with Crippen LogP contribution in [0.4, 0.5) is 0 Å². The van der Waals surface area contributed by atoms with Crippen LogP contribution in [0.25, 0.3) is 0 Å². The van der Waals surface area contributed by atoms with Crippen molar-refractivity contribution in [1.29, 1.82) is 0 Å². The lowest BCUT2D eigenvalue weighted by Gasteiger charge is -2.25. The first-order valence-electron chi connectivity index (χ1n) is 5.95. The highest BCUT2D eigenvalue weighted by molar-refractivity contribution is 6.00. The van der Waals surface area contributed by atoms with Crippen LogP contribution in [0, 0.1) is 11.8 Å². The van der Waals surface area contributed by atoms with Crippen molar-refractivity contribution in [2.24, 2.45) is 11.8 Å². The Hall–Kier alpha value is -1.84. The third kappa shape index (κ3) is 2.37. The van der Waals surface area contributed by atoms with Gasteiger partial charge in [-0.25, -0.2) is 0 Å². The molecule has 1 aromatic carbocycles. The van der Waals surface area contributed by atoms with Gasteiger partial charge >= 0.3 is 5.97 Å². The van der Waals surface area contributed by atoms with Crippen molar-refractivity contribution < 1.29 is 19.1 Å². The molecule has 0 spiro atoms. The van der Waals surface area contributed by atoms with Crippen LogP contribution < -0.4 is 4.74 Å². The first kappa shape index (κ1) is 12.6. The molecule has 1 aliphatic heterocycles. The van der Waals surface area contributed by atoms with E-state index in [2.05, 4.69) is 4.74 Å². The summed E-state index contributed by atoms with van der Waals surface area (Å²) in [6.45, 7) is 1.91. The zero-order valence-corrected chi connectivity index (χ0v) is 10.5. The fraction of sp³-hybridized carbons (Fsp3) is 0.429. The normalized spacial score (nSPS) is 19.3. The number of carbonyl (C=O) groups is 2. The topological polar surface area (TPSA) is 52.6 Å². The van der Waals surface area contributed by atoms with Gasteiger partial charge in [0, 0.05) is 0 Å². The number of hydrogen-bond acceptors (Lipinski definition) is 4. The number of hydrogen-bond donors (Lipinski definition) is 0. The van der Waals surface area contributed by atoms with Crippen LogP contribution >= 0.6 is 0 Å². The van der Waals surface area contributed by atoms with Gasteiger partial charge in [0.2, 0.25) is 0 Å². The molecule has 2 unspecified atom stereocenters. The summed E-state index contributed by atoms with van der Waals surface area (Å²) in [7, 11) is 1.29. The molecule has 0 bridgehead atoms. The SMILES string of the molecule is COC(=O)C(C)C(=O)C1COc2ccccc2C1. The molecule has 2 rings (SSSR count). The monoisotopic (exact) mass is 248 g/mol. The van der Waals surface area contributed by atoms with Gasteiger partial charge in [0.1, 0.15) is 11.7 Å². The lowest BCUT2D eigenvalue weighted by Crippen LogP contribution is -2.35. The van der Waals surface area contributed by atoms with E-state index in [1.54, 1.807) is 6.92 Å². The minimum atomic E-state index is -0.728. The third-order valence-electron chi connectivity index (χ3n) is 3.26. The molecule has 0 fully saturated rings. The third-order valence-corrected chi connectivity index (χ3v) is 3.26. The minimum Gasteiger partial charge on any atom is -0.493 e. The Morgan fingerprint density at radius 1 is 1.39 bits per heavy atom. The fourth-order valence-electron chi connectivity index (χ4n) is 2.16. The van der Waals surface area contributed by atoms with Crippen molar-refractivity contribution in [3.63, 3.8) is 0 Å². The second-order valence-corrected chi connectivity index (χ2v) is 4.47. The predicted octanol–water partition coefficient (Wildman–Crippen LogP) is 1.62. The number of para-hydroxylation sites is 1. The Morgan fingerprint density at radius 3 is 2.83 bits per heavy atom. The van der Waals surface area contributed by atoms with Gasteiger partial charge in [-0.3, -0.25) is 9.59 Å². The van der Waals surface area contributed by atoms with E-state index in [4.69, 9.17) is 4.74 Å². The Kier molecular flexibility index (Phi) is 3.65. The quantitative estimate of drug-likeness (QED) is 0.602. The molecule has 1 aromatic rings. The molecule has 0 saturated heterocycles. The van der Waals surface area contributed by atoms with Gasteiger partial charge in [-0.1, -0.05) is 18.2 Å². The van der Waals surface area contributed by atoms with Gasteiger partial charge in [-0.15, -0.1) is 0 Å². The summed E-state index contributed by atoms with van der Waals surface area (Å²) in [6.07, 6.45) is 0.621. The highest BCUT2D eigenvalue weighted by Crippen LogP contribution is 2.28. The maximum Gasteiger partial charge on any atom is 0.315 e. The number of carbonyl (C=O) groups excluding carboxylic acids is 2. The van der Waals surface area contributed by atoms with Crippen LogP contribution in [-0.2, 0) is 20.7 Å². The van der Waals surface area contributed by atoms with E-state index < -0.39 is 11.9 Å². The number of benzene rings is 1. The van der Waals surface area contributed by atoms with E-state index in [-0.39, 0.29) is 11.7 Å². The standard InChI is InChI=1S/C14H16O4/c1-9(14(16)17-2)13(15)11-7-10-5-3-4-6-12(10)18-8-11/h3-6,9,11H,7-8H2,1-2H3. The van der Waals surface area contributed by atoms with Crippen LogP contribution in [-0.4, -0.2) is 25.5 Å². The summed E-state index contributed by atoms with van der Waals surface area (Å²) >= 11 is 0. The first-order valence-corrected chi connectivity index (χ1v) is 5.95. The number of esters is 1. The van der Waals surface area contributed by atoms with Crippen LogP contribution in [0.3, 0.4) is 0 Å². The van der Waals surface area contributed by atoms with Crippen LogP contribution in [0.5, 0.6) is 5.75 Å². The van der Waals surface area contributed by atoms with E-state index in [0.717, 1.165) is 11.3 Å². The molecular weight excluding hydrogens is 232 g/mol. The van der Waals surface area contributed by atoms with Crippen molar-refractivity contribution in [2.75, 3.05) is 13.7 Å². The minimum absolute atomic E-state index is 0.114. The lowest BCUT2D eigenvalue weighted by atomic mass is 9.87. The molecule has 1 heterocycles. The second kappa shape index (κ2) is 5.21. The smallest absolute Gasteiger partial charge is 0.315 e. The van der Waals surface area contributed by atoms with E-state index in [1.165, 1.54) is 7.11 Å². The summed E-state index contributed by atoms with van der Waals surface area (Å²) in [5.41, 5.74) is 1.01. The van der Waals surface area contributed by atoms with Gasteiger partial charge in [0.15, 0.2) is 5.78 Å². The van der Waals surface area contributed by atoms with E-state index in [9.17, 15) is 9.59 Å². The fourth-order valence-corrected chi connectivity index (χ4v) is 2.16. The van der Waals surface area contributed by atoms with Crippen molar-refractivity contribution in [2.45, 2.75) is 13.3 Å². The lowest BCUT2D eigenvalue weighted by molar-refractivity contribution is -0.150. The van der Waals surface area contributed by atoms with Gasteiger partial charge in [-0.05, 0) is 25.0 Å². The second-order valence-electron chi connectivity index (χ2n) is 4.47. The van der Waals surface area contributed by atoms with Crippen LogP contribution in [0.15, 0.2) is 24.3 Å². The molecule has 96 valence electrons. The maximum atomic E-state index is 12.1. The Balaban J connectivity index is 2.09. The van der Waals surface area contributed by atoms with Gasteiger partial charge in [0.25, 0.3) is 0 Å². The molecule has 4 heteroatoms. The molecular formula is C14H16O4. The van der Waals surface area contributed by atoms with Crippen molar-refractivity contribution in [3.05, 3.63) is 29.8 Å². The summed E-state index contributed by atoms with van der Waals surface area (Å²) in [5.74, 6) is -0.773. The number of rotatable bonds is 3. The van der Waals surface area contributed by atoms with E-state index in [0.29, 0.717) is 13.0 Å². The maximum absolute atomic E-state index is 12.1. The highest BCUT2D eigenvalue weighted by atomic mass is 16.5. The van der Waals surface area contributed by atoms with Crippen LogP contribution in [0.2, 0.25) is 0 Å². The van der Waals surface area contributed by atoms with E-state index in [1.807, 2.05) is 24.3 Å². The molecule has 18 heavy (non-hydrogen) atoms. The van der Waals surface area contributed by atoms with E-state index >= 15 is 0 Å². The molecule has 0 N–H and O–H groups in total. The van der Waals surface area contributed by atoms with Crippen LogP contribution in [0.1, 0.15) is 12.5 Å². The van der Waals surface area contributed by atoms with Crippen molar-refractivity contribution in [1.82, 2.24) is 0 Å². The van der Waals surface area contributed by atoms with Crippen molar-refractivity contribution in [3.8, 4) is 5.75 Å².